The molecule has 0 spiro atoms. The van der Waals surface area contributed by atoms with E-state index in [4.69, 9.17) is 0 Å². The van der Waals surface area contributed by atoms with Crippen molar-refractivity contribution in [1.29, 1.82) is 0 Å². The second-order valence-electron chi connectivity index (χ2n) is 4.18. The van der Waals surface area contributed by atoms with Crippen molar-refractivity contribution in [2.24, 2.45) is 13.0 Å². The summed E-state index contributed by atoms with van der Waals surface area (Å²) >= 11 is 0. The third-order valence-electron chi connectivity index (χ3n) is 3.15. The van der Waals surface area contributed by atoms with Crippen LogP contribution >= 0.6 is 0 Å². The monoisotopic (exact) mass is 195 g/mol. The molecule has 78 valence electrons. The van der Waals surface area contributed by atoms with Crippen LogP contribution in [0.2, 0.25) is 0 Å². The second-order valence-corrected chi connectivity index (χ2v) is 4.18. The molecule has 1 saturated heterocycles. The van der Waals surface area contributed by atoms with E-state index in [0.717, 1.165) is 25.1 Å². The maximum atomic E-state index is 10.5. The maximum absolute atomic E-state index is 10.5. The molecule has 2 atom stereocenters. The molecule has 2 unspecified atom stereocenters. The van der Waals surface area contributed by atoms with Crippen LogP contribution in [0.1, 0.15) is 18.9 Å². The Labute approximate surface area is 83.9 Å². The number of nitrogens with zero attached hydrogens (tertiary/aromatic N) is 2. The summed E-state index contributed by atoms with van der Waals surface area (Å²) in [7, 11) is 1.87. The lowest BCUT2D eigenvalue weighted by Crippen LogP contribution is -2.46. The van der Waals surface area contributed by atoms with E-state index in [0.29, 0.717) is 0 Å². The van der Waals surface area contributed by atoms with E-state index < -0.39 is 5.60 Å². The second kappa shape index (κ2) is 3.37. The van der Waals surface area contributed by atoms with Gasteiger partial charge in [0.25, 0.3) is 0 Å². The van der Waals surface area contributed by atoms with Crippen LogP contribution in [-0.4, -0.2) is 28.0 Å². The summed E-state index contributed by atoms with van der Waals surface area (Å²) in [5, 5.41) is 17.9. The summed E-state index contributed by atoms with van der Waals surface area (Å²) in [5.41, 5.74) is 0.244. The summed E-state index contributed by atoms with van der Waals surface area (Å²) in [5.74, 6) is 0.237. The summed E-state index contributed by atoms with van der Waals surface area (Å²) in [6.45, 7) is 3.81. The fourth-order valence-electron chi connectivity index (χ4n) is 2.09. The zero-order chi connectivity index (χ0) is 10.2. The molecular weight excluding hydrogens is 178 g/mol. The van der Waals surface area contributed by atoms with Crippen molar-refractivity contribution in [3.05, 3.63) is 18.0 Å². The maximum Gasteiger partial charge on any atom is 0.0976 e. The van der Waals surface area contributed by atoms with Gasteiger partial charge in [0, 0.05) is 31.3 Å². The molecule has 1 aliphatic heterocycles. The Kier molecular flexibility index (Phi) is 2.33. The minimum atomic E-state index is -0.695. The van der Waals surface area contributed by atoms with Crippen molar-refractivity contribution >= 4 is 0 Å². The molecule has 1 aromatic rings. The van der Waals surface area contributed by atoms with Crippen LogP contribution in [0.15, 0.2) is 12.4 Å². The molecule has 0 aromatic carbocycles. The van der Waals surface area contributed by atoms with Gasteiger partial charge in [-0.15, -0.1) is 0 Å². The molecule has 0 aliphatic carbocycles. The number of piperidine rings is 1. The molecule has 2 N–H and O–H groups in total. The van der Waals surface area contributed by atoms with Crippen LogP contribution in [0.25, 0.3) is 0 Å². The minimum Gasteiger partial charge on any atom is -0.385 e. The zero-order valence-corrected chi connectivity index (χ0v) is 8.70. The molecule has 1 aliphatic rings. The normalized spacial score (nSPS) is 33.2. The topological polar surface area (TPSA) is 50.1 Å². The quantitative estimate of drug-likeness (QED) is 0.675. The number of hydrogen-bond donors (Lipinski definition) is 2. The molecule has 0 radical (unpaired) electrons. The highest BCUT2D eigenvalue weighted by Crippen LogP contribution is 2.34. The van der Waals surface area contributed by atoms with Crippen LogP contribution in [-0.2, 0) is 12.6 Å². The van der Waals surface area contributed by atoms with Crippen molar-refractivity contribution in [2.75, 3.05) is 13.1 Å². The van der Waals surface area contributed by atoms with Crippen LogP contribution < -0.4 is 5.32 Å². The van der Waals surface area contributed by atoms with Crippen molar-refractivity contribution in [3.8, 4) is 0 Å². The Morgan fingerprint density at radius 3 is 3.07 bits per heavy atom. The van der Waals surface area contributed by atoms with Gasteiger partial charge in [-0.05, 0) is 13.0 Å². The van der Waals surface area contributed by atoms with Crippen LogP contribution in [0.4, 0.5) is 0 Å². The molecule has 0 bridgehead atoms. The first kappa shape index (κ1) is 9.68. The van der Waals surface area contributed by atoms with Gasteiger partial charge in [0.1, 0.15) is 0 Å². The Bertz CT molecular complexity index is 323. The number of aliphatic hydroxyl groups is 1. The molecule has 4 nitrogen and oxygen atoms in total. The van der Waals surface area contributed by atoms with Crippen molar-refractivity contribution < 1.29 is 5.11 Å². The number of rotatable bonds is 1. The van der Waals surface area contributed by atoms with Crippen LogP contribution in [0.3, 0.4) is 0 Å². The van der Waals surface area contributed by atoms with E-state index in [1.807, 2.05) is 13.2 Å². The minimum absolute atomic E-state index is 0.237. The molecule has 14 heavy (non-hydrogen) atoms. The Morgan fingerprint density at radius 1 is 1.71 bits per heavy atom. The van der Waals surface area contributed by atoms with Gasteiger partial charge in [-0.2, -0.15) is 5.10 Å². The lowest BCUT2D eigenvalue weighted by atomic mass is 9.79. The van der Waals surface area contributed by atoms with Crippen molar-refractivity contribution in [3.63, 3.8) is 0 Å². The molecule has 4 heteroatoms. The van der Waals surface area contributed by atoms with Crippen molar-refractivity contribution in [2.45, 2.75) is 18.9 Å². The van der Waals surface area contributed by atoms with E-state index in [9.17, 15) is 5.11 Å². The highest BCUT2D eigenvalue weighted by Gasteiger charge is 2.38. The lowest BCUT2D eigenvalue weighted by Gasteiger charge is -2.37. The number of nitrogens with one attached hydrogen (secondary N) is 1. The van der Waals surface area contributed by atoms with Crippen LogP contribution in [0, 0.1) is 5.92 Å². The van der Waals surface area contributed by atoms with Gasteiger partial charge in [-0.1, -0.05) is 6.92 Å². The van der Waals surface area contributed by atoms with E-state index >= 15 is 0 Å². The molecule has 0 saturated carbocycles. The summed E-state index contributed by atoms with van der Waals surface area (Å²) in [6, 6.07) is 0. The van der Waals surface area contributed by atoms with Crippen molar-refractivity contribution in [1.82, 2.24) is 15.1 Å². The lowest BCUT2D eigenvalue weighted by molar-refractivity contribution is -0.0392. The third-order valence-corrected chi connectivity index (χ3v) is 3.15. The Morgan fingerprint density at radius 2 is 2.50 bits per heavy atom. The van der Waals surface area contributed by atoms with Gasteiger partial charge in [0.05, 0.1) is 11.8 Å². The number of aromatic nitrogens is 2. The van der Waals surface area contributed by atoms with Gasteiger partial charge in [0.2, 0.25) is 0 Å². The number of aryl methyl sites for hydroxylation is 1. The average Bonchev–Trinajstić information content (AvgIpc) is 2.58. The molecule has 0 amide bonds. The molecule has 2 rings (SSSR count). The Balaban J connectivity index is 2.29. The molecule has 2 heterocycles. The third kappa shape index (κ3) is 1.44. The van der Waals surface area contributed by atoms with E-state index in [2.05, 4.69) is 17.3 Å². The fourth-order valence-corrected chi connectivity index (χ4v) is 2.09. The van der Waals surface area contributed by atoms with Gasteiger partial charge >= 0.3 is 0 Å². The standard InChI is InChI=1S/C10H17N3O/c1-8-5-11-4-3-10(8,14)9-6-12-13(2)7-9/h6-8,11,14H,3-5H2,1-2H3. The van der Waals surface area contributed by atoms with E-state index in [-0.39, 0.29) is 5.92 Å². The van der Waals surface area contributed by atoms with Gasteiger partial charge in [0.15, 0.2) is 0 Å². The highest BCUT2D eigenvalue weighted by atomic mass is 16.3. The van der Waals surface area contributed by atoms with Gasteiger partial charge < -0.3 is 10.4 Å². The zero-order valence-electron chi connectivity index (χ0n) is 8.70. The van der Waals surface area contributed by atoms with Gasteiger partial charge in [-0.3, -0.25) is 4.68 Å². The first-order chi connectivity index (χ1) is 6.63. The molecule has 1 aromatic heterocycles. The smallest absolute Gasteiger partial charge is 0.0976 e. The predicted molar refractivity (Wildman–Crippen MR) is 53.8 cm³/mol. The first-order valence-corrected chi connectivity index (χ1v) is 5.05. The van der Waals surface area contributed by atoms with E-state index in [1.165, 1.54) is 0 Å². The first-order valence-electron chi connectivity index (χ1n) is 5.05. The highest BCUT2D eigenvalue weighted by molar-refractivity contribution is 5.17. The summed E-state index contributed by atoms with van der Waals surface area (Å²) in [4.78, 5) is 0. The summed E-state index contributed by atoms with van der Waals surface area (Å²) < 4.78 is 1.74. The largest absolute Gasteiger partial charge is 0.385 e. The average molecular weight is 195 g/mol. The number of hydrogen-bond acceptors (Lipinski definition) is 3. The fraction of sp³-hybridized carbons (Fsp3) is 0.700. The van der Waals surface area contributed by atoms with Crippen LogP contribution in [0.5, 0.6) is 0 Å². The van der Waals surface area contributed by atoms with Gasteiger partial charge in [-0.25, -0.2) is 0 Å². The molecular formula is C10H17N3O. The summed E-state index contributed by atoms with van der Waals surface area (Å²) in [6.07, 6.45) is 4.43. The predicted octanol–water partition coefficient (Wildman–Crippen LogP) is 0.237. The Hall–Kier alpha value is -0.870. The SMILES string of the molecule is CC1CNCCC1(O)c1cnn(C)c1. The molecule has 1 fully saturated rings. The van der Waals surface area contributed by atoms with E-state index in [1.54, 1.807) is 10.9 Å².